The quantitative estimate of drug-likeness (QED) is 0.840. The second-order valence-electron chi connectivity index (χ2n) is 3.65. The van der Waals surface area contributed by atoms with Crippen LogP contribution in [0.25, 0.3) is 0 Å². The number of hydrogen-bond acceptors (Lipinski definition) is 2. The van der Waals surface area contributed by atoms with Crippen LogP contribution in [0.15, 0.2) is 24.3 Å². The van der Waals surface area contributed by atoms with Gasteiger partial charge in [-0.3, -0.25) is 0 Å². The highest BCUT2D eigenvalue weighted by atomic mass is 35.5. The van der Waals surface area contributed by atoms with Crippen LogP contribution in [0.1, 0.15) is 19.4 Å². The molecule has 84 valence electrons. The predicted octanol–water partition coefficient (Wildman–Crippen LogP) is 2.63. The Morgan fingerprint density at radius 1 is 1.33 bits per heavy atom. The van der Waals surface area contributed by atoms with E-state index < -0.39 is 0 Å². The van der Waals surface area contributed by atoms with Crippen molar-refractivity contribution in [3.8, 4) is 0 Å². The van der Waals surface area contributed by atoms with E-state index in [1.165, 1.54) is 5.56 Å². The summed E-state index contributed by atoms with van der Waals surface area (Å²) in [6.07, 6.45) is 0.906. The lowest BCUT2D eigenvalue weighted by Crippen LogP contribution is -2.36. The molecule has 15 heavy (non-hydrogen) atoms. The Balaban J connectivity index is 2.50. The van der Waals surface area contributed by atoms with Crippen molar-refractivity contribution >= 4 is 11.6 Å². The predicted molar refractivity (Wildman–Crippen MR) is 64.2 cm³/mol. The zero-order valence-electron chi connectivity index (χ0n) is 9.24. The summed E-state index contributed by atoms with van der Waals surface area (Å²) < 4.78 is 5.45. The second-order valence-corrected chi connectivity index (χ2v) is 4.09. The number of nitrogens with two attached hydrogens (primary N) is 1. The van der Waals surface area contributed by atoms with E-state index in [4.69, 9.17) is 22.1 Å². The maximum absolute atomic E-state index is 6.02. The van der Waals surface area contributed by atoms with Gasteiger partial charge in [0, 0.05) is 17.7 Å². The lowest BCUT2D eigenvalue weighted by atomic mass is 10.0. The molecule has 0 aliphatic carbocycles. The molecular weight excluding hydrogens is 210 g/mol. The van der Waals surface area contributed by atoms with Gasteiger partial charge in [-0.25, -0.2) is 0 Å². The Morgan fingerprint density at radius 2 is 1.93 bits per heavy atom. The molecule has 0 aliphatic rings. The molecule has 2 unspecified atom stereocenters. The minimum atomic E-state index is 0.0334. The van der Waals surface area contributed by atoms with Crippen LogP contribution in [0.5, 0.6) is 0 Å². The standard InChI is InChI=1S/C12H18ClNO/c1-3-15-9(2)12(14)8-10-4-6-11(13)7-5-10/h4-7,9,12H,3,8,14H2,1-2H3. The SMILES string of the molecule is CCOC(C)C(N)Cc1ccc(Cl)cc1. The minimum absolute atomic E-state index is 0.0334. The lowest BCUT2D eigenvalue weighted by molar-refractivity contribution is 0.0577. The molecule has 2 atom stereocenters. The summed E-state index contributed by atoms with van der Waals surface area (Å²) in [5.41, 5.74) is 7.21. The van der Waals surface area contributed by atoms with E-state index in [0.29, 0.717) is 6.61 Å². The van der Waals surface area contributed by atoms with Gasteiger partial charge in [0.1, 0.15) is 0 Å². The molecule has 0 amide bonds. The molecule has 1 aromatic carbocycles. The molecule has 0 aromatic heterocycles. The largest absolute Gasteiger partial charge is 0.377 e. The molecule has 3 heteroatoms. The third-order valence-corrected chi connectivity index (χ3v) is 2.67. The van der Waals surface area contributed by atoms with Gasteiger partial charge in [-0.2, -0.15) is 0 Å². The molecule has 2 N–H and O–H groups in total. The first-order valence-electron chi connectivity index (χ1n) is 5.25. The van der Waals surface area contributed by atoms with Crippen LogP contribution in [-0.4, -0.2) is 18.8 Å². The Hall–Kier alpha value is -0.570. The third kappa shape index (κ3) is 4.20. The fourth-order valence-corrected chi connectivity index (χ4v) is 1.57. The molecule has 0 radical (unpaired) electrons. The summed E-state index contributed by atoms with van der Waals surface area (Å²) in [5, 5.41) is 0.755. The Kier molecular flexibility index (Phi) is 5.09. The average molecular weight is 228 g/mol. The molecule has 0 saturated carbocycles. The first-order valence-corrected chi connectivity index (χ1v) is 5.63. The van der Waals surface area contributed by atoms with Crippen molar-refractivity contribution < 1.29 is 4.74 Å². The number of halogens is 1. The fraction of sp³-hybridized carbons (Fsp3) is 0.500. The molecule has 0 spiro atoms. The van der Waals surface area contributed by atoms with Crippen LogP contribution in [0, 0.1) is 0 Å². The molecule has 1 rings (SSSR count). The average Bonchev–Trinajstić information content (AvgIpc) is 2.22. The van der Waals surface area contributed by atoms with E-state index in [0.717, 1.165) is 11.4 Å². The number of ether oxygens (including phenoxy) is 1. The summed E-state index contributed by atoms with van der Waals surface area (Å²) in [6, 6.07) is 7.80. The van der Waals surface area contributed by atoms with Crippen molar-refractivity contribution in [1.29, 1.82) is 0 Å². The van der Waals surface area contributed by atoms with Crippen LogP contribution < -0.4 is 5.73 Å². The van der Waals surface area contributed by atoms with Gasteiger partial charge in [0.05, 0.1) is 6.10 Å². The number of rotatable bonds is 5. The monoisotopic (exact) mass is 227 g/mol. The van der Waals surface area contributed by atoms with E-state index in [-0.39, 0.29) is 12.1 Å². The zero-order valence-corrected chi connectivity index (χ0v) is 10.00. The van der Waals surface area contributed by atoms with E-state index >= 15 is 0 Å². The van der Waals surface area contributed by atoms with E-state index in [2.05, 4.69) is 0 Å². The summed E-state index contributed by atoms with van der Waals surface area (Å²) in [5.74, 6) is 0. The van der Waals surface area contributed by atoms with Crippen LogP contribution in [0.4, 0.5) is 0 Å². The Bertz CT molecular complexity index is 286. The summed E-state index contributed by atoms with van der Waals surface area (Å²) in [6.45, 7) is 4.69. The van der Waals surface area contributed by atoms with Gasteiger partial charge in [-0.15, -0.1) is 0 Å². The van der Waals surface area contributed by atoms with Crippen LogP contribution in [0.3, 0.4) is 0 Å². The van der Waals surface area contributed by atoms with Gasteiger partial charge in [0.2, 0.25) is 0 Å². The highest BCUT2D eigenvalue weighted by Gasteiger charge is 2.12. The van der Waals surface area contributed by atoms with Gasteiger partial charge < -0.3 is 10.5 Å². The third-order valence-electron chi connectivity index (χ3n) is 2.42. The van der Waals surface area contributed by atoms with Gasteiger partial charge in [0.15, 0.2) is 0 Å². The normalized spacial score (nSPS) is 14.9. The number of hydrogen-bond donors (Lipinski definition) is 1. The van der Waals surface area contributed by atoms with Crippen LogP contribution in [-0.2, 0) is 11.2 Å². The molecule has 0 heterocycles. The molecule has 1 aromatic rings. The molecule has 0 fully saturated rings. The smallest absolute Gasteiger partial charge is 0.0700 e. The highest BCUT2D eigenvalue weighted by molar-refractivity contribution is 6.30. The summed E-state index contributed by atoms with van der Waals surface area (Å²) in [7, 11) is 0. The maximum Gasteiger partial charge on any atom is 0.0700 e. The molecule has 0 aliphatic heterocycles. The van der Waals surface area contributed by atoms with Crippen LogP contribution in [0.2, 0.25) is 5.02 Å². The summed E-state index contributed by atoms with van der Waals surface area (Å²) >= 11 is 5.80. The van der Waals surface area contributed by atoms with Crippen LogP contribution >= 0.6 is 11.6 Å². The maximum atomic E-state index is 6.02. The molecule has 2 nitrogen and oxygen atoms in total. The molecule has 0 saturated heterocycles. The van der Waals surface area contributed by atoms with Crippen molar-refractivity contribution in [3.63, 3.8) is 0 Å². The Morgan fingerprint density at radius 3 is 2.47 bits per heavy atom. The second kappa shape index (κ2) is 6.11. The van der Waals surface area contributed by atoms with Crippen molar-refractivity contribution in [2.24, 2.45) is 5.73 Å². The van der Waals surface area contributed by atoms with Crippen molar-refractivity contribution in [3.05, 3.63) is 34.9 Å². The van der Waals surface area contributed by atoms with E-state index in [1.54, 1.807) is 0 Å². The van der Waals surface area contributed by atoms with Crippen molar-refractivity contribution in [2.45, 2.75) is 32.4 Å². The first-order chi connectivity index (χ1) is 7.13. The van der Waals surface area contributed by atoms with Gasteiger partial charge in [0.25, 0.3) is 0 Å². The first kappa shape index (κ1) is 12.5. The van der Waals surface area contributed by atoms with E-state index in [9.17, 15) is 0 Å². The minimum Gasteiger partial charge on any atom is -0.377 e. The van der Waals surface area contributed by atoms with E-state index in [1.807, 2.05) is 38.1 Å². The lowest BCUT2D eigenvalue weighted by Gasteiger charge is -2.19. The Labute approximate surface area is 96.4 Å². The highest BCUT2D eigenvalue weighted by Crippen LogP contribution is 2.12. The topological polar surface area (TPSA) is 35.2 Å². The van der Waals surface area contributed by atoms with Gasteiger partial charge in [-0.05, 0) is 38.0 Å². The molecular formula is C12H18ClNO. The number of benzene rings is 1. The zero-order chi connectivity index (χ0) is 11.3. The summed E-state index contributed by atoms with van der Waals surface area (Å²) in [4.78, 5) is 0. The van der Waals surface area contributed by atoms with Gasteiger partial charge in [-0.1, -0.05) is 23.7 Å². The molecule has 0 bridgehead atoms. The fourth-order valence-electron chi connectivity index (χ4n) is 1.45. The van der Waals surface area contributed by atoms with Crippen molar-refractivity contribution in [2.75, 3.05) is 6.61 Å². The van der Waals surface area contributed by atoms with Gasteiger partial charge >= 0.3 is 0 Å². The van der Waals surface area contributed by atoms with Crippen molar-refractivity contribution in [1.82, 2.24) is 0 Å².